The first-order valence-corrected chi connectivity index (χ1v) is 29.8. The number of likely N-dealkylation sites (N-methyl/N-ethyl adjacent to an activating group) is 1. The summed E-state index contributed by atoms with van der Waals surface area (Å²) in [4.78, 5) is 25.5. The maximum atomic E-state index is 12.9. The Kier molecular flexibility index (Phi) is 47.2. The van der Waals surface area contributed by atoms with E-state index in [1.807, 2.05) is 21.1 Å². The van der Waals surface area contributed by atoms with Crippen LogP contribution in [0.5, 0.6) is 0 Å². The fourth-order valence-electron chi connectivity index (χ4n) is 8.87. The Bertz CT molecular complexity index is 1010. The summed E-state index contributed by atoms with van der Waals surface area (Å²) in [7, 11) is 1.32. The molecular formula is C55H113N2O6P. The number of unbranched alkanes of at least 4 members (excludes halogenated alkanes) is 40. The van der Waals surface area contributed by atoms with E-state index < -0.39 is 20.0 Å². The summed E-state index contributed by atoms with van der Waals surface area (Å²) in [5.74, 6) is -0.158. The van der Waals surface area contributed by atoms with Gasteiger partial charge in [0.05, 0.1) is 39.9 Å². The van der Waals surface area contributed by atoms with Gasteiger partial charge in [0, 0.05) is 6.42 Å². The molecule has 0 saturated heterocycles. The third kappa shape index (κ3) is 49.4. The van der Waals surface area contributed by atoms with Gasteiger partial charge in [0.25, 0.3) is 7.82 Å². The van der Waals surface area contributed by atoms with Crippen molar-refractivity contribution in [2.75, 3.05) is 40.9 Å². The van der Waals surface area contributed by atoms with Crippen molar-refractivity contribution in [2.45, 2.75) is 309 Å². The van der Waals surface area contributed by atoms with Gasteiger partial charge in [0.1, 0.15) is 13.2 Å². The molecule has 0 rings (SSSR count). The molecule has 0 radical (unpaired) electrons. The SMILES string of the molecule is CCCCCCCCCCCCCCCCCCCCCCCCCCCCCC(O)C(COP(=O)([O-])OCC[N+](C)(C)C)NC(=O)CCCCCCCCCCCCCCCCC. The summed E-state index contributed by atoms with van der Waals surface area (Å²) in [5, 5.41) is 14.0. The molecule has 0 aromatic carbocycles. The molecule has 0 heterocycles. The number of rotatable bonds is 53. The van der Waals surface area contributed by atoms with Gasteiger partial charge >= 0.3 is 0 Å². The molecule has 0 fully saturated rings. The van der Waals surface area contributed by atoms with Gasteiger partial charge < -0.3 is 28.8 Å². The third-order valence-corrected chi connectivity index (χ3v) is 14.3. The lowest BCUT2D eigenvalue weighted by Crippen LogP contribution is -2.46. The molecule has 0 saturated carbocycles. The smallest absolute Gasteiger partial charge is 0.268 e. The standard InChI is InChI=1S/C55H113N2O6P/c1-6-8-10-12-14-16-18-20-22-23-24-25-26-27-28-29-30-31-32-33-35-36-38-40-42-44-46-48-54(58)53(52-63-64(60,61)62-51-50-57(3,4)5)56-55(59)49-47-45-43-41-39-37-34-21-19-17-15-13-11-9-7-2/h53-54,58H,6-52H2,1-5H3,(H-,56,59,60,61). The monoisotopic (exact) mass is 929 g/mol. The Morgan fingerprint density at radius 2 is 0.766 bits per heavy atom. The fourth-order valence-corrected chi connectivity index (χ4v) is 9.59. The molecule has 3 atom stereocenters. The molecule has 0 spiro atoms. The van der Waals surface area contributed by atoms with Crippen molar-refractivity contribution in [3.63, 3.8) is 0 Å². The van der Waals surface area contributed by atoms with Crippen LogP contribution in [0.2, 0.25) is 0 Å². The van der Waals surface area contributed by atoms with Crippen LogP contribution in [0, 0.1) is 0 Å². The van der Waals surface area contributed by atoms with Gasteiger partial charge in [0.15, 0.2) is 0 Å². The van der Waals surface area contributed by atoms with Crippen LogP contribution in [-0.4, -0.2) is 68.5 Å². The zero-order valence-electron chi connectivity index (χ0n) is 43.8. The molecular weight excluding hydrogens is 816 g/mol. The summed E-state index contributed by atoms with van der Waals surface area (Å²) >= 11 is 0. The molecule has 1 amide bonds. The zero-order chi connectivity index (χ0) is 47.1. The van der Waals surface area contributed by atoms with Gasteiger partial charge in [-0.25, -0.2) is 0 Å². The van der Waals surface area contributed by atoms with E-state index in [0.717, 1.165) is 38.5 Å². The number of carbonyl (C=O) groups excluding carboxylic acids is 1. The van der Waals surface area contributed by atoms with Crippen LogP contribution in [-0.2, 0) is 18.4 Å². The number of nitrogens with zero attached hydrogens (tertiary/aromatic N) is 1. The van der Waals surface area contributed by atoms with E-state index in [9.17, 15) is 19.4 Å². The number of phosphoric acid groups is 1. The van der Waals surface area contributed by atoms with Crippen LogP contribution in [0.1, 0.15) is 296 Å². The number of aliphatic hydroxyl groups excluding tert-OH is 1. The first kappa shape index (κ1) is 63.5. The Balaban J connectivity index is 4.08. The van der Waals surface area contributed by atoms with Crippen molar-refractivity contribution in [1.29, 1.82) is 0 Å². The van der Waals surface area contributed by atoms with Gasteiger partial charge in [-0.1, -0.05) is 277 Å². The molecule has 3 unspecified atom stereocenters. The topological polar surface area (TPSA) is 108 Å². The lowest BCUT2D eigenvalue weighted by atomic mass is 10.0. The van der Waals surface area contributed by atoms with Gasteiger partial charge in [-0.2, -0.15) is 0 Å². The molecule has 9 heteroatoms. The molecule has 2 N–H and O–H groups in total. The van der Waals surface area contributed by atoms with Crippen LogP contribution < -0.4 is 10.2 Å². The highest BCUT2D eigenvalue weighted by Crippen LogP contribution is 2.38. The highest BCUT2D eigenvalue weighted by Gasteiger charge is 2.24. The molecule has 0 aromatic heterocycles. The molecule has 0 aliphatic heterocycles. The minimum absolute atomic E-state index is 0.0165. The molecule has 384 valence electrons. The number of hydrogen-bond donors (Lipinski definition) is 2. The summed E-state index contributed by atoms with van der Waals surface area (Å²) in [6, 6.07) is -0.794. The van der Waals surface area contributed by atoms with Crippen LogP contribution >= 0.6 is 7.82 Å². The van der Waals surface area contributed by atoms with Crippen molar-refractivity contribution in [3.05, 3.63) is 0 Å². The average Bonchev–Trinajstić information content (AvgIpc) is 3.25. The van der Waals surface area contributed by atoms with Crippen LogP contribution in [0.3, 0.4) is 0 Å². The lowest BCUT2D eigenvalue weighted by molar-refractivity contribution is -0.870. The number of nitrogens with one attached hydrogen (secondary N) is 1. The van der Waals surface area contributed by atoms with Crippen molar-refractivity contribution in [1.82, 2.24) is 5.32 Å². The number of quaternary nitrogens is 1. The lowest BCUT2D eigenvalue weighted by Gasteiger charge is -2.30. The summed E-state index contributed by atoms with van der Waals surface area (Å²) in [5.41, 5.74) is 0. The van der Waals surface area contributed by atoms with Gasteiger partial charge in [-0.3, -0.25) is 9.36 Å². The third-order valence-electron chi connectivity index (χ3n) is 13.3. The van der Waals surface area contributed by atoms with Gasteiger partial charge in [0.2, 0.25) is 5.91 Å². The minimum atomic E-state index is -4.56. The van der Waals surface area contributed by atoms with Crippen molar-refractivity contribution < 1.29 is 32.9 Å². The van der Waals surface area contributed by atoms with Crippen LogP contribution in [0.25, 0.3) is 0 Å². The van der Waals surface area contributed by atoms with E-state index in [1.54, 1.807) is 0 Å². The fraction of sp³-hybridized carbons (Fsp3) is 0.982. The number of hydrogen-bond acceptors (Lipinski definition) is 6. The van der Waals surface area contributed by atoms with Crippen LogP contribution in [0.15, 0.2) is 0 Å². The van der Waals surface area contributed by atoms with E-state index in [1.165, 1.54) is 231 Å². The molecule has 0 aromatic rings. The van der Waals surface area contributed by atoms with E-state index in [-0.39, 0.29) is 19.1 Å². The normalized spacial score (nSPS) is 13.9. The zero-order valence-corrected chi connectivity index (χ0v) is 44.7. The molecule has 8 nitrogen and oxygen atoms in total. The van der Waals surface area contributed by atoms with Crippen molar-refractivity contribution >= 4 is 13.7 Å². The molecule has 0 aliphatic rings. The number of carbonyl (C=O) groups is 1. The second-order valence-electron chi connectivity index (χ2n) is 21.0. The number of phosphoric ester groups is 1. The highest BCUT2D eigenvalue weighted by atomic mass is 31.2. The maximum Gasteiger partial charge on any atom is 0.268 e. The van der Waals surface area contributed by atoms with Gasteiger partial charge in [-0.05, 0) is 12.8 Å². The highest BCUT2D eigenvalue weighted by molar-refractivity contribution is 7.45. The number of amides is 1. The predicted octanol–water partition coefficient (Wildman–Crippen LogP) is 16.2. The number of aliphatic hydroxyl groups is 1. The summed E-state index contributed by atoms with van der Waals surface area (Å²) < 4.78 is 23.4. The van der Waals surface area contributed by atoms with Crippen molar-refractivity contribution in [2.24, 2.45) is 0 Å². The first-order chi connectivity index (χ1) is 31.0. The Labute approximate surface area is 399 Å². The van der Waals surface area contributed by atoms with E-state index in [0.29, 0.717) is 23.9 Å². The van der Waals surface area contributed by atoms with Crippen LogP contribution in [0.4, 0.5) is 0 Å². The average molecular weight is 929 g/mol. The Morgan fingerprint density at radius 1 is 0.484 bits per heavy atom. The first-order valence-electron chi connectivity index (χ1n) is 28.4. The predicted molar refractivity (Wildman–Crippen MR) is 275 cm³/mol. The Morgan fingerprint density at radius 3 is 1.06 bits per heavy atom. The quantitative estimate of drug-likeness (QED) is 0.0357. The Hall–Kier alpha value is -0.500. The van der Waals surface area contributed by atoms with Gasteiger partial charge in [-0.15, -0.1) is 0 Å². The molecule has 0 aliphatic carbocycles. The van der Waals surface area contributed by atoms with E-state index in [4.69, 9.17) is 9.05 Å². The molecule has 64 heavy (non-hydrogen) atoms. The second-order valence-corrected chi connectivity index (χ2v) is 22.4. The van der Waals surface area contributed by atoms with Crippen molar-refractivity contribution in [3.8, 4) is 0 Å². The molecule has 0 bridgehead atoms. The minimum Gasteiger partial charge on any atom is -0.756 e. The summed E-state index contributed by atoms with van der Waals surface area (Å²) in [6.07, 6.45) is 55.6. The maximum absolute atomic E-state index is 12.9. The largest absolute Gasteiger partial charge is 0.756 e. The van der Waals surface area contributed by atoms with E-state index in [2.05, 4.69) is 19.2 Å². The summed E-state index contributed by atoms with van der Waals surface area (Å²) in [6.45, 7) is 4.77. The second kappa shape index (κ2) is 47.6. The van der Waals surface area contributed by atoms with E-state index >= 15 is 0 Å².